The number of isocyanates is 2. The van der Waals surface area contributed by atoms with Crippen LogP contribution in [-0.2, 0) is 19.1 Å². The van der Waals surface area contributed by atoms with E-state index >= 15 is 0 Å². The molecule has 0 aliphatic carbocycles. The normalized spacial score (nSPS) is 39.7. The summed E-state index contributed by atoms with van der Waals surface area (Å²) in [6.07, 6.45) is 2.39. The fourth-order valence-corrected chi connectivity index (χ4v) is 1.82. The first-order valence-corrected chi connectivity index (χ1v) is 4.24. The largest absolute Gasteiger partial charge is 0.371 e. The molecule has 0 bridgehead atoms. The summed E-state index contributed by atoms with van der Waals surface area (Å²) in [5.74, 6) is 0. The highest BCUT2D eigenvalue weighted by Gasteiger charge is 2.48. The van der Waals surface area contributed by atoms with E-state index in [9.17, 15) is 9.59 Å². The lowest BCUT2D eigenvalue weighted by Gasteiger charge is -2.09. The van der Waals surface area contributed by atoms with Gasteiger partial charge in [0, 0.05) is 0 Å². The van der Waals surface area contributed by atoms with Crippen molar-refractivity contribution in [2.75, 3.05) is 13.2 Å². The summed E-state index contributed by atoms with van der Waals surface area (Å²) >= 11 is 0. The Balaban J connectivity index is 2.11. The van der Waals surface area contributed by atoms with Gasteiger partial charge in [-0.3, -0.25) is 0 Å². The van der Waals surface area contributed by atoms with Gasteiger partial charge in [0.15, 0.2) is 0 Å². The Morgan fingerprint density at radius 2 is 1.36 bits per heavy atom. The monoisotopic (exact) mass is 196 g/mol. The van der Waals surface area contributed by atoms with E-state index in [4.69, 9.17) is 9.47 Å². The number of hydrogen-bond donors (Lipinski definition) is 0. The highest BCUT2D eigenvalue weighted by atomic mass is 16.6. The molecule has 2 aliphatic heterocycles. The molecule has 74 valence electrons. The molecule has 0 spiro atoms. The highest BCUT2D eigenvalue weighted by Crippen LogP contribution is 2.29. The molecule has 2 saturated heterocycles. The molecule has 0 unspecified atom stereocenters. The molecular formula is C8H8N2O4. The van der Waals surface area contributed by atoms with Gasteiger partial charge in [-0.15, -0.1) is 0 Å². The van der Waals surface area contributed by atoms with Crippen LogP contribution in [0.3, 0.4) is 0 Å². The number of fused-ring (bicyclic) bond motifs is 1. The predicted molar refractivity (Wildman–Crippen MR) is 43.3 cm³/mol. The summed E-state index contributed by atoms with van der Waals surface area (Å²) in [5.41, 5.74) is 0. The minimum absolute atomic E-state index is 0.279. The average molecular weight is 196 g/mol. The maximum absolute atomic E-state index is 10.1. The first-order valence-electron chi connectivity index (χ1n) is 4.24. The van der Waals surface area contributed by atoms with E-state index in [-0.39, 0.29) is 24.3 Å². The van der Waals surface area contributed by atoms with Gasteiger partial charge in [0.1, 0.15) is 24.3 Å². The summed E-state index contributed by atoms with van der Waals surface area (Å²) in [5, 5.41) is 0. The van der Waals surface area contributed by atoms with Crippen molar-refractivity contribution in [3.63, 3.8) is 0 Å². The Hall–Kier alpha value is -1.32. The maximum Gasteiger partial charge on any atom is 0.235 e. The van der Waals surface area contributed by atoms with Gasteiger partial charge in [0.05, 0.1) is 13.2 Å². The summed E-state index contributed by atoms with van der Waals surface area (Å²) in [7, 11) is 0. The molecule has 0 amide bonds. The quantitative estimate of drug-likeness (QED) is 0.427. The Morgan fingerprint density at radius 1 is 0.929 bits per heavy atom. The lowest BCUT2D eigenvalue weighted by molar-refractivity contribution is 0.0693. The Morgan fingerprint density at radius 3 is 1.71 bits per heavy atom. The van der Waals surface area contributed by atoms with Crippen molar-refractivity contribution in [1.82, 2.24) is 0 Å². The number of rotatable bonds is 2. The second kappa shape index (κ2) is 3.82. The molecule has 0 aromatic rings. The number of ether oxygens (including phenoxy) is 2. The Kier molecular flexibility index (Phi) is 2.52. The Labute approximate surface area is 79.6 Å². The van der Waals surface area contributed by atoms with Gasteiger partial charge in [0.25, 0.3) is 0 Å². The number of hydrogen-bond acceptors (Lipinski definition) is 6. The molecule has 6 heteroatoms. The SMILES string of the molecule is O=C=N[C@H]1CO[C@H]2[C@@H]1OC[C@@H]2N=C=O. The number of nitrogens with zero attached hydrogens (tertiary/aromatic N) is 2. The van der Waals surface area contributed by atoms with E-state index in [1.54, 1.807) is 0 Å². The zero-order chi connectivity index (χ0) is 9.97. The van der Waals surface area contributed by atoms with Gasteiger partial charge in [-0.1, -0.05) is 0 Å². The van der Waals surface area contributed by atoms with Crippen molar-refractivity contribution in [1.29, 1.82) is 0 Å². The van der Waals surface area contributed by atoms with Gasteiger partial charge in [0.2, 0.25) is 12.2 Å². The molecule has 0 aromatic carbocycles. The second-order valence-electron chi connectivity index (χ2n) is 3.17. The van der Waals surface area contributed by atoms with Crippen molar-refractivity contribution in [3.05, 3.63) is 0 Å². The van der Waals surface area contributed by atoms with Crippen LogP contribution >= 0.6 is 0 Å². The number of aliphatic imine (C=N–C) groups is 2. The summed E-state index contributed by atoms with van der Waals surface area (Å²) < 4.78 is 10.7. The number of carbonyl (C=O) groups excluding carboxylic acids is 2. The van der Waals surface area contributed by atoms with Crippen LogP contribution in [-0.4, -0.2) is 49.7 Å². The van der Waals surface area contributed by atoms with Crippen molar-refractivity contribution >= 4 is 12.2 Å². The molecule has 4 atom stereocenters. The fourth-order valence-electron chi connectivity index (χ4n) is 1.82. The van der Waals surface area contributed by atoms with Crippen molar-refractivity contribution in [3.8, 4) is 0 Å². The van der Waals surface area contributed by atoms with Gasteiger partial charge in [-0.05, 0) is 0 Å². The molecule has 2 fully saturated rings. The van der Waals surface area contributed by atoms with Crippen LogP contribution in [0.5, 0.6) is 0 Å². The van der Waals surface area contributed by atoms with Crippen LogP contribution in [0, 0.1) is 0 Å². The van der Waals surface area contributed by atoms with E-state index in [0.717, 1.165) is 0 Å². The predicted octanol–water partition coefficient (Wildman–Crippen LogP) is -0.807. The zero-order valence-corrected chi connectivity index (χ0v) is 7.25. The third kappa shape index (κ3) is 1.41. The third-order valence-corrected chi connectivity index (χ3v) is 2.44. The van der Waals surface area contributed by atoms with Crippen molar-refractivity contribution in [2.45, 2.75) is 24.3 Å². The van der Waals surface area contributed by atoms with Gasteiger partial charge in [-0.25, -0.2) is 9.59 Å². The summed E-state index contributed by atoms with van der Waals surface area (Å²) in [6.45, 7) is 0.630. The molecule has 2 aliphatic rings. The third-order valence-electron chi connectivity index (χ3n) is 2.44. The van der Waals surface area contributed by atoms with Gasteiger partial charge >= 0.3 is 0 Å². The molecular weight excluding hydrogens is 188 g/mol. The molecule has 0 aromatic heterocycles. The minimum atomic E-state index is -0.315. The molecule has 0 saturated carbocycles. The molecule has 0 radical (unpaired) electrons. The van der Waals surface area contributed by atoms with Crippen LogP contribution in [0.1, 0.15) is 0 Å². The average Bonchev–Trinajstić information content (AvgIpc) is 2.72. The molecule has 6 nitrogen and oxygen atoms in total. The Bertz CT molecular complexity index is 287. The van der Waals surface area contributed by atoms with E-state index in [2.05, 4.69) is 9.98 Å². The lowest BCUT2D eigenvalue weighted by Crippen LogP contribution is -2.29. The highest BCUT2D eigenvalue weighted by molar-refractivity contribution is 5.35. The fraction of sp³-hybridized carbons (Fsp3) is 0.750. The summed E-state index contributed by atoms with van der Waals surface area (Å²) in [6, 6.07) is -0.631. The van der Waals surface area contributed by atoms with Crippen LogP contribution in [0.25, 0.3) is 0 Å². The lowest BCUT2D eigenvalue weighted by atomic mass is 10.1. The minimum Gasteiger partial charge on any atom is -0.371 e. The van der Waals surface area contributed by atoms with Crippen LogP contribution < -0.4 is 0 Å². The summed E-state index contributed by atoms with van der Waals surface area (Å²) in [4.78, 5) is 27.3. The van der Waals surface area contributed by atoms with Gasteiger partial charge < -0.3 is 9.47 Å². The first-order chi connectivity index (χ1) is 6.86. The van der Waals surface area contributed by atoms with E-state index in [0.29, 0.717) is 13.2 Å². The molecule has 0 N–H and O–H groups in total. The van der Waals surface area contributed by atoms with E-state index < -0.39 is 0 Å². The molecule has 14 heavy (non-hydrogen) atoms. The van der Waals surface area contributed by atoms with Crippen LogP contribution in [0.15, 0.2) is 9.98 Å². The van der Waals surface area contributed by atoms with E-state index in [1.807, 2.05) is 0 Å². The van der Waals surface area contributed by atoms with Crippen molar-refractivity contribution < 1.29 is 19.1 Å². The van der Waals surface area contributed by atoms with E-state index in [1.165, 1.54) is 12.2 Å². The first kappa shape index (κ1) is 9.24. The maximum atomic E-state index is 10.1. The van der Waals surface area contributed by atoms with Crippen molar-refractivity contribution in [2.24, 2.45) is 9.98 Å². The standard InChI is InChI=1S/C8H8N2O4/c11-3-9-5-1-13-8-6(10-4-12)2-14-7(5)8/h5-8H,1-2H2/t5-,6-,7+,8+/m0/s1. The molecule has 2 rings (SSSR count). The van der Waals surface area contributed by atoms with Gasteiger partial charge in [-0.2, -0.15) is 9.98 Å². The smallest absolute Gasteiger partial charge is 0.235 e. The zero-order valence-electron chi connectivity index (χ0n) is 7.25. The van der Waals surface area contributed by atoms with Crippen LogP contribution in [0.4, 0.5) is 0 Å². The topological polar surface area (TPSA) is 77.3 Å². The van der Waals surface area contributed by atoms with Crippen LogP contribution in [0.2, 0.25) is 0 Å². The molecule has 2 heterocycles. The second-order valence-corrected chi connectivity index (χ2v) is 3.17.